The first-order chi connectivity index (χ1) is 9.15. The first kappa shape index (κ1) is 13.4. The Morgan fingerprint density at radius 3 is 2.95 bits per heavy atom. The number of benzene rings is 1. The number of carbonyl (C=O) groups is 1. The third kappa shape index (κ3) is 2.87. The van der Waals surface area contributed by atoms with Crippen LogP contribution in [0.5, 0.6) is 5.75 Å². The van der Waals surface area contributed by atoms with Gasteiger partial charge in [-0.05, 0) is 43.5 Å². The lowest BCUT2D eigenvalue weighted by molar-refractivity contribution is 0.0698. The second-order valence-electron chi connectivity index (χ2n) is 4.90. The van der Waals surface area contributed by atoms with Crippen molar-refractivity contribution in [1.29, 1.82) is 5.26 Å². The molecular weight excluding hydrogens is 240 g/mol. The van der Waals surface area contributed by atoms with Gasteiger partial charge in [0.2, 0.25) is 0 Å². The van der Waals surface area contributed by atoms with E-state index in [0.29, 0.717) is 12.1 Å². The minimum absolute atomic E-state index is 0.0140. The molecule has 1 heterocycles. The Hall–Kier alpha value is -2.02. The lowest BCUT2D eigenvalue weighted by Crippen LogP contribution is -2.39. The molecular formula is C15H18N2O2. The molecule has 0 saturated carbocycles. The molecule has 2 rings (SSSR count). The molecule has 1 aliphatic heterocycles. The molecule has 0 unspecified atom stereocenters. The van der Waals surface area contributed by atoms with Crippen LogP contribution in [0.15, 0.2) is 18.2 Å². The highest BCUT2D eigenvalue weighted by atomic mass is 16.5. The second kappa shape index (κ2) is 5.75. The number of hydrogen-bond donors (Lipinski definition) is 0. The number of nitriles is 1. The predicted octanol–water partition coefficient (Wildman–Crippen LogP) is 2.38. The van der Waals surface area contributed by atoms with Crippen molar-refractivity contribution in [1.82, 2.24) is 4.90 Å². The van der Waals surface area contributed by atoms with Crippen LogP contribution in [0.2, 0.25) is 0 Å². The smallest absolute Gasteiger partial charge is 0.254 e. The van der Waals surface area contributed by atoms with E-state index in [-0.39, 0.29) is 11.8 Å². The molecule has 0 bridgehead atoms. The van der Waals surface area contributed by atoms with Crippen molar-refractivity contribution in [2.75, 3.05) is 20.2 Å². The molecule has 0 radical (unpaired) electrons. The van der Waals surface area contributed by atoms with Crippen LogP contribution in [0, 0.1) is 24.2 Å². The number of likely N-dealkylation sites (tertiary alicyclic amines) is 1. The summed E-state index contributed by atoms with van der Waals surface area (Å²) in [4.78, 5) is 14.2. The average Bonchev–Trinajstić information content (AvgIpc) is 2.46. The van der Waals surface area contributed by atoms with E-state index in [2.05, 4.69) is 6.07 Å². The van der Waals surface area contributed by atoms with Gasteiger partial charge in [-0.25, -0.2) is 0 Å². The van der Waals surface area contributed by atoms with Gasteiger partial charge < -0.3 is 9.64 Å². The Labute approximate surface area is 113 Å². The summed E-state index contributed by atoms with van der Waals surface area (Å²) in [5.74, 6) is 0.735. The number of amides is 1. The minimum atomic E-state index is -0.0312. The van der Waals surface area contributed by atoms with E-state index in [9.17, 15) is 4.79 Å². The van der Waals surface area contributed by atoms with Crippen molar-refractivity contribution in [2.24, 2.45) is 5.92 Å². The highest BCUT2D eigenvalue weighted by Gasteiger charge is 2.25. The fourth-order valence-electron chi connectivity index (χ4n) is 2.44. The molecule has 1 aromatic rings. The monoisotopic (exact) mass is 258 g/mol. The molecule has 0 N–H and O–H groups in total. The molecule has 100 valence electrons. The Bertz CT molecular complexity index is 519. The molecule has 1 atom stereocenters. The number of aryl methyl sites for hydroxylation is 1. The van der Waals surface area contributed by atoms with E-state index in [1.54, 1.807) is 24.1 Å². The molecule has 1 aliphatic rings. The van der Waals surface area contributed by atoms with Crippen LogP contribution in [-0.2, 0) is 0 Å². The fraction of sp³-hybridized carbons (Fsp3) is 0.467. The van der Waals surface area contributed by atoms with Crippen molar-refractivity contribution in [3.05, 3.63) is 29.3 Å². The predicted molar refractivity (Wildman–Crippen MR) is 72.0 cm³/mol. The van der Waals surface area contributed by atoms with Gasteiger partial charge >= 0.3 is 0 Å². The lowest BCUT2D eigenvalue weighted by atomic mass is 9.98. The number of rotatable bonds is 2. The quantitative estimate of drug-likeness (QED) is 0.818. The standard InChI is InChI=1S/C15H18N2O2/c1-11-8-13(19-2)5-6-14(11)15(18)17-7-3-4-12(9-16)10-17/h5-6,8,12H,3-4,7,10H2,1-2H3/t12-/m1/s1. The van der Waals surface area contributed by atoms with Crippen LogP contribution < -0.4 is 4.74 Å². The number of hydrogen-bond acceptors (Lipinski definition) is 3. The molecule has 19 heavy (non-hydrogen) atoms. The summed E-state index contributed by atoms with van der Waals surface area (Å²) in [5, 5.41) is 8.98. The first-order valence-electron chi connectivity index (χ1n) is 6.49. The third-order valence-corrected chi connectivity index (χ3v) is 3.56. The maximum Gasteiger partial charge on any atom is 0.254 e. The van der Waals surface area contributed by atoms with Crippen molar-refractivity contribution >= 4 is 5.91 Å². The van der Waals surface area contributed by atoms with Crippen LogP contribution >= 0.6 is 0 Å². The molecule has 1 fully saturated rings. The summed E-state index contributed by atoms with van der Waals surface area (Å²) in [5.41, 5.74) is 1.60. The summed E-state index contributed by atoms with van der Waals surface area (Å²) in [6, 6.07) is 7.71. The van der Waals surface area contributed by atoms with Crippen LogP contribution in [-0.4, -0.2) is 31.0 Å². The van der Waals surface area contributed by atoms with E-state index in [4.69, 9.17) is 10.00 Å². The van der Waals surface area contributed by atoms with Gasteiger partial charge in [0.25, 0.3) is 5.91 Å². The van der Waals surface area contributed by atoms with Gasteiger partial charge in [0, 0.05) is 18.7 Å². The first-order valence-corrected chi connectivity index (χ1v) is 6.49. The van der Waals surface area contributed by atoms with Crippen molar-refractivity contribution in [3.63, 3.8) is 0 Å². The van der Waals surface area contributed by atoms with E-state index in [1.165, 1.54) is 0 Å². The second-order valence-corrected chi connectivity index (χ2v) is 4.90. The maximum absolute atomic E-state index is 12.5. The zero-order chi connectivity index (χ0) is 13.8. The molecule has 0 aromatic heterocycles. The van der Waals surface area contributed by atoms with Crippen LogP contribution in [0.4, 0.5) is 0 Å². The van der Waals surface area contributed by atoms with Gasteiger partial charge in [0.15, 0.2) is 0 Å². The van der Waals surface area contributed by atoms with Gasteiger partial charge in [0.05, 0.1) is 19.1 Å². The average molecular weight is 258 g/mol. The van der Waals surface area contributed by atoms with Crippen molar-refractivity contribution in [2.45, 2.75) is 19.8 Å². The molecule has 0 spiro atoms. The van der Waals surface area contributed by atoms with Gasteiger partial charge in [-0.15, -0.1) is 0 Å². The zero-order valence-electron chi connectivity index (χ0n) is 11.3. The van der Waals surface area contributed by atoms with Crippen LogP contribution in [0.3, 0.4) is 0 Å². The minimum Gasteiger partial charge on any atom is -0.497 e. The number of piperidine rings is 1. The Morgan fingerprint density at radius 1 is 1.53 bits per heavy atom. The fourth-order valence-corrected chi connectivity index (χ4v) is 2.44. The van der Waals surface area contributed by atoms with Crippen LogP contribution in [0.25, 0.3) is 0 Å². The van der Waals surface area contributed by atoms with E-state index in [0.717, 1.165) is 30.7 Å². The number of ether oxygens (including phenoxy) is 1. The number of carbonyl (C=O) groups excluding carboxylic acids is 1. The number of methoxy groups -OCH3 is 1. The summed E-state index contributed by atoms with van der Waals surface area (Å²) >= 11 is 0. The lowest BCUT2D eigenvalue weighted by Gasteiger charge is -2.30. The largest absolute Gasteiger partial charge is 0.497 e. The summed E-state index contributed by atoms with van der Waals surface area (Å²) in [7, 11) is 1.61. The van der Waals surface area contributed by atoms with E-state index < -0.39 is 0 Å². The highest BCUT2D eigenvalue weighted by molar-refractivity contribution is 5.95. The van der Waals surface area contributed by atoms with Crippen molar-refractivity contribution in [3.8, 4) is 11.8 Å². The Balaban J connectivity index is 2.17. The van der Waals surface area contributed by atoms with E-state index >= 15 is 0 Å². The molecule has 1 saturated heterocycles. The summed E-state index contributed by atoms with van der Waals surface area (Å²) in [6.45, 7) is 3.19. The molecule has 1 amide bonds. The summed E-state index contributed by atoms with van der Waals surface area (Å²) in [6.07, 6.45) is 1.79. The van der Waals surface area contributed by atoms with Gasteiger partial charge in [-0.2, -0.15) is 5.26 Å². The topological polar surface area (TPSA) is 53.3 Å². The van der Waals surface area contributed by atoms with Crippen molar-refractivity contribution < 1.29 is 9.53 Å². The normalized spacial score (nSPS) is 18.8. The Kier molecular flexibility index (Phi) is 4.06. The van der Waals surface area contributed by atoms with Crippen LogP contribution in [0.1, 0.15) is 28.8 Å². The SMILES string of the molecule is COc1ccc(C(=O)N2CCC[C@H](C#N)C2)c(C)c1. The van der Waals surface area contributed by atoms with E-state index in [1.807, 2.05) is 13.0 Å². The Morgan fingerprint density at radius 2 is 2.32 bits per heavy atom. The third-order valence-electron chi connectivity index (χ3n) is 3.56. The molecule has 4 nitrogen and oxygen atoms in total. The number of nitrogens with zero attached hydrogens (tertiary/aromatic N) is 2. The van der Waals surface area contributed by atoms with Gasteiger partial charge in [-0.1, -0.05) is 0 Å². The molecule has 0 aliphatic carbocycles. The van der Waals surface area contributed by atoms with Gasteiger partial charge in [-0.3, -0.25) is 4.79 Å². The maximum atomic E-state index is 12.5. The zero-order valence-corrected chi connectivity index (χ0v) is 11.3. The summed E-state index contributed by atoms with van der Waals surface area (Å²) < 4.78 is 5.14. The molecule has 1 aromatic carbocycles. The highest BCUT2D eigenvalue weighted by Crippen LogP contribution is 2.22. The van der Waals surface area contributed by atoms with Gasteiger partial charge in [0.1, 0.15) is 5.75 Å². The molecule has 4 heteroatoms.